The quantitative estimate of drug-likeness (QED) is 0.650. The Bertz CT molecular complexity index is 641. The van der Waals surface area contributed by atoms with Crippen LogP contribution in [-0.2, 0) is 9.53 Å². The molecule has 27 heavy (non-hydrogen) atoms. The minimum absolute atomic E-state index is 0.00151. The second-order valence-corrected chi connectivity index (χ2v) is 6.75. The van der Waals surface area contributed by atoms with E-state index in [1.165, 1.54) is 6.07 Å². The summed E-state index contributed by atoms with van der Waals surface area (Å²) >= 11 is 6.25. The molecule has 1 aromatic rings. The molecule has 3 N–H and O–H groups in total. The van der Waals surface area contributed by atoms with Gasteiger partial charge in [0.2, 0.25) is 5.91 Å². The van der Waals surface area contributed by atoms with Gasteiger partial charge in [-0.3, -0.25) is 9.69 Å². The van der Waals surface area contributed by atoms with Crippen molar-refractivity contribution in [3.8, 4) is 0 Å². The third-order valence-corrected chi connectivity index (χ3v) is 4.62. The number of urea groups is 1. The van der Waals surface area contributed by atoms with Crippen LogP contribution in [0.5, 0.6) is 0 Å². The Morgan fingerprint density at radius 3 is 2.81 bits per heavy atom. The first-order valence-electron chi connectivity index (χ1n) is 9.00. The molecule has 1 fully saturated rings. The summed E-state index contributed by atoms with van der Waals surface area (Å²) in [5, 5.41) is 8.09. The maximum atomic E-state index is 14.5. The van der Waals surface area contributed by atoms with E-state index in [1.807, 2.05) is 11.8 Å². The molecule has 1 heterocycles. The molecule has 0 radical (unpaired) electrons. The lowest BCUT2D eigenvalue weighted by Gasteiger charge is -2.38. The van der Waals surface area contributed by atoms with E-state index < -0.39 is 17.9 Å². The van der Waals surface area contributed by atoms with Gasteiger partial charge >= 0.3 is 6.03 Å². The SMILES string of the molecule is CCNC(=O)CNC(=O)NC[C@@H](c1c(F)cccc1Cl)N1CCO[C@@H](C)C1. The molecule has 0 spiro atoms. The molecule has 1 aliphatic rings. The van der Waals surface area contributed by atoms with Crippen LogP contribution in [-0.4, -0.2) is 62.3 Å². The van der Waals surface area contributed by atoms with Crippen LogP contribution in [0.15, 0.2) is 18.2 Å². The summed E-state index contributed by atoms with van der Waals surface area (Å²) in [5.74, 6) is -0.695. The minimum Gasteiger partial charge on any atom is -0.376 e. The molecule has 0 aromatic heterocycles. The smallest absolute Gasteiger partial charge is 0.315 e. The molecule has 0 aliphatic carbocycles. The van der Waals surface area contributed by atoms with Crippen LogP contribution in [0.1, 0.15) is 25.5 Å². The Balaban J connectivity index is 2.07. The second kappa shape index (κ2) is 10.4. The number of hydrogen-bond donors (Lipinski definition) is 3. The van der Waals surface area contributed by atoms with Crippen molar-refractivity contribution in [1.82, 2.24) is 20.9 Å². The highest BCUT2D eigenvalue weighted by molar-refractivity contribution is 6.31. The summed E-state index contributed by atoms with van der Waals surface area (Å²) in [6, 6.07) is 3.59. The van der Waals surface area contributed by atoms with Gasteiger partial charge in [0, 0.05) is 36.8 Å². The number of hydrogen-bond acceptors (Lipinski definition) is 4. The maximum Gasteiger partial charge on any atom is 0.315 e. The second-order valence-electron chi connectivity index (χ2n) is 6.34. The largest absolute Gasteiger partial charge is 0.376 e. The molecule has 150 valence electrons. The lowest BCUT2D eigenvalue weighted by Crippen LogP contribution is -2.49. The van der Waals surface area contributed by atoms with Gasteiger partial charge in [-0.05, 0) is 26.0 Å². The third-order valence-electron chi connectivity index (χ3n) is 4.29. The Kier molecular flexibility index (Phi) is 8.27. The number of halogens is 2. The Morgan fingerprint density at radius 1 is 1.37 bits per heavy atom. The molecule has 2 atom stereocenters. The van der Waals surface area contributed by atoms with E-state index in [2.05, 4.69) is 16.0 Å². The molecule has 9 heteroatoms. The Hall–Kier alpha value is -1.90. The number of amides is 3. The average Bonchev–Trinajstić information content (AvgIpc) is 2.62. The van der Waals surface area contributed by atoms with Gasteiger partial charge in [0.05, 0.1) is 25.3 Å². The molecule has 7 nitrogen and oxygen atoms in total. The normalized spacial score (nSPS) is 18.6. The third kappa shape index (κ3) is 6.34. The van der Waals surface area contributed by atoms with E-state index >= 15 is 0 Å². The lowest BCUT2D eigenvalue weighted by molar-refractivity contribution is -0.119. The zero-order valence-electron chi connectivity index (χ0n) is 15.6. The zero-order valence-corrected chi connectivity index (χ0v) is 16.3. The van der Waals surface area contributed by atoms with Gasteiger partial charge in [-0.1, -0.05) is 17.7 Å². The monoisotopic (exact) mass is 400 g/mol. The highest BCUT2D eigenvalue weighted by atomic mass is 35.5. The first kappa shape index (κ1) is 21.4. The molecule has 1 aliphatic heterocycles. The summed E-state index contributed by atoms with van der Waals surface area (Å²) in [7, 11) is 0. The van der Waals surface area contributed by atoms with Gasteiger partial charge in [0.25, 0.3) is 0 Å². The van der Waals surface area contributed by atoms with Gasteiger partial charge in [0.1, 0.15) is 5.82 Å². The highest BCUT2D eigenvalue weighted by Gasteiger charge is 2.29. The van der Waals surface area contributed by atoms with Crippen molar-refractivity contribution in [3.63, 3.8) is 0 Å². The number of rotatable bonds is 7. The molecular weight excluding hydrogens is 375 g/mol. The van der Waals surface area contributed by atoms with Crippen LogP contribution < -0.4 is 16.0 Å². The summed E-state index contributed by atoms with van der Waals surface area (Å²) in [6.45, 7) is 5.97. The summed E-state index contributed by atoms with van der Waals surface area (Å²) < 4.78 is 20.0. The number of carbonyl (C=O) groups is 2. The number of ether oxygens (including phenoxy) is 1. The summed E-state index contributed by atoms with van der Waals surface area (Å²) in [5.41, 5.74) is 0.345. The van der Waals surface area contributed by atoms with E-state index in [0.29, 0.717) is 36.8 Å². The van der Waals surface area contributed by atoms with Gasteiger partial charge in [-0.15, -0.1) is 0 Å². The van der Waals surface area contributed by atoms with Crippen molar-refractivity contribution < 1.29 is 18.7 Å². The fraction of sp³-hybridized carbons (Fsp3) is 0.556. The minimum atomic E-state index is -0.500. The molecule has 2 rings (SSSR count). The molecule has 1 saturated heterocycles. The number of carbonyl (C=O) groups excluding carboxylic acids is 2. The van der Waals surface area contributed by atoms with Gasteiger partial charge < -0.3 is 20.7 Å². The summed E-state index contributed by atoms with van der Waals surface area (Å²) in [4.78, 5) is 25.5. The van der Waals surface area contributed by atoms with E-state index in [9.17, 15) is 14.0 Å². The molecule has 0 saturated carbocycles. The number of nitrogens with zero attached hydrogens (tertiary/aromatic N) is 1. The van der Waals surface area contributed by atoms with Crippen LogP contribution in [0.3, 0.4) is 0 Å². The maximum absolute atomic E-state index is 14.5. The Labute approximate surface area is 163 Å². The first-order chi connectivity index (χ1) is 12.9. The fourth-order valence-electron chi connectivity index (χ4n) is 3.04. The van der Waals surface area contributed by atoms with Crippen molar-refractivity contribution in [2.45, 2.75) is 26.0 Å². The molecule has 3 amide bonds. The molecule has 1 aromatic carbocycles. The summed E-state index contributed by atoms with van der Waals surface area (Å²) in [6.07, 6.45) is -0.00151. The van der Waals surface area contributed by atoms with Crippen molar-refractivity contribution >= 4 is 23.5 Å². The van der Waals surface area contributed by atoms with Gasteiger partial charge in [0.15, 0.2) is 0 Å². The predicted molar refractivity (Wildman–Crippen MR) is 101 cm³/mol. The van der Waals surface area contributed by atoms with Crippen molar-refractivity contribution in [1.29, 1.82) is 0 Å². The number of morpholine rings is 1. The van der Waals surface area contributed by atoms with E-state index in [0.717, 1.165) is 0 Å². The van der Waals surface area contributed by atoms with Crippen molar-refractivity contribution in [2.75, 3.05) is 39.3 Å². The number of nitrogens with one attached hydrogen (secondary N) is 3. The highest BCUT2D eigenvalue weighted by Crippen LogP contribution is 2.30. The molecule has 0 unspecified atom stereocenters. The van der Waals surface area contributed by atoms with Crippen LogP contribution in [0.2, 0.25) is 5.02 Å². The van der Waals surface area contributed by atoms with Gasteiger partial charge in [-0.25, -0.2) is 9.18 Å². The average molecular weight is 401 g/mol. The first-order valence-corrected chi connectivity index (χ1v) is 9.38. The van der Waals surface area contributed by atoms with Crippen LogP contribution >= 0.6 is 11.6 Å². The Morgan fingerprint density at radius 2 is 2.15 bits per heavy atom. The molecule has 0 bridgehead atoms. The van der Waals surface area contributed by atoms with Gasteiger partial charge in [-0.2, -0.15) is 0 Å². The van der Waals surface area contributed by atoms with Crippen LogP contribution in [0.25, 0.3) is 0 Å². The molecular formula is C18H26ClFN4O3. The predicted octanol–water partition coefficient (Wildman–Crippen LogP) is 1.68. The standard InChI is InChI=1S/C18H26ClFN4O3/c1-3-21-16(25)10-23-18(26)22-9-15(24-7-8-27-12(2)11-24)17-13(19)5-4-6-14(17)20/h4-6,12,15H,3,7-11H2,1-2H3,(H,21,25)(H2,22,23,26)/t12-,15-/m0/s1. The van der Waals surface area contributed by atoms with Crippen molar-refractivity contribution in [3.05, 3.63) is 34.6 Å². The number of benzene rings is 1. The zero-order chi connectivity index (χ0) is 19.8. The number of likely N-dealkylation sites (N-methyl/N-ethyl adjacent to an activating group) is 1. The lowest BCUT2D eigenvalue weighted by atomic mass is 10.0. The fourth-order valence-corrected chi connectivity index (χ4v) is 3.33. The van der Waals surface area contributed by atoms with E-state index in [1.54, 1.807) is 19.1 Å². The van der Waals surface area contributed by atoms with Crippen LogP contribution in [0.4, 0.5) is 9.18 Å². The van der Waals surface area contributed by atoms with Crippen molar-refractivity contribution in [2.24, 2.45) is 0 Å². The topological polar surface area (TPSA) is 82.7 Å². The van der Waals surface area contributed by atoms with Crippen LogP contribution in [0, 0.1) is 5.82 Å². The van der Waals surface area contributed by atoms with E-state index in [-0.39, 0.29) is 25.1 Å². The van der Waals surface area contributed by atoms with E-state index in [4.69, 9.17) is 16.3 Å².